The van der Waals surface area contributed by atoms with Crippen LogP contribution >= 0.6 is 0 Å². The van der Waals surface area contributed by atoms with E-state index in [4.69, 9.17) is 9.52 Å². The van der Waals surface area contributed by atoms with Gasteiger partial charge in [0, 0.05) is 12.0 Å². The minimum absolute atomic E-state index is 0.465. The summed E-state index contributed by atoms with van der Waals surface area (Å²) in [5.41, 5.74) is 0. The molecule has 6 heteroatoms. The molecule has 1 aliphatic rings. The Balaban J connectivity index is 1.92. The highest BCUT2D eigenvalue weighted by Crippen LogP contribution is 2.47. The largest absolute Gasteiger partial charge is 0.480 e. The number of aliphatic carboxylic acids is 1. The molecule has 1 aliphatic carbocycles. The number of aliphatic hydroxyl groups is 1. The summed E-state index contributed by atoms with van der Waals surface area (Å²) in [6.07, 6.45) is 2.61. The number of carbonyl (C=O) groups excluding carboxylic acids is 1. The molecular formula is C15H19NO5. The van der Waals surface area contributed by atoms with Gasteiger partial charge in [0.15, 0.2) is 6.04 Å². The summed E-state index contributed by atoms with van der Waals surface area (Å²) in [6.45, 7) is 3.45. The van der Waals surface area contributed by atoms with Crippen LogP contribution in [-0.4, -0.2) is 34.2 Å². The first-order chi connectivity index (χ1) is 9.88. The number of nitrogens with one attached hydrogen (secondary N) is 1. The van der Waals surface area contributed by atoms with Gasteiger partial charge in [0.1, 0.15) is 11.5 Å². The van der Waals surface area contributed by atoms with Gasteiger partial charge in [0.05, 0.1) is 6.10 Å². The molecule has 6 nitrogen and oxygen atoms in total. The van der Waals surface area contributed by atoms with Gasteiger partial charge in [0.25, 0.3) is 0 Å². The van der Waals surface area contributed by atoms with E-state index in [1.807, 2.05) is 6.07 Å². The predicted molar refractivity (Wildman–Crippen MR) is 75.5 cm³/mol. The van der Waals surface area contributed by atoms with Crippen molar-refractivity contribution in [2.75, 3.05) is 0 Å². The van der Waals surface area contributed by atoms with E-state index in [0.717, 1.165) is 12.2 Å². The topological polar surface area (TPSA) is 99.8 Å². The van der Waals surface area contributed by atoms with Crippen LogP contribution < -0.4 is 5.32 Å². The number of carboxylic acid groups (broad SMARTS) is 1. The lowest BCUT2D eigenvalue weighted by molar-refractivity contribution is -0.144. The molecule has 1 amide bonds. The molecule has 21 heavy (non-hydrogen) atoms. The maximum absolute atomic E-state index is 11.6. The minimum atomic E-state index is -1.33. The monoisotopic (exact) mass is 293 g/mol. The Hall–Kier alpha value is -2.08. The van der Waals surface area contributed by atoms with E-state index in [-0.39, 0.29) is 0 Å². The SMILES string of the molecule is CC(O)C(NC(=O)/C=C/c1ccc(C2CC2C)o1)C(=O)O. The summed E-state index contributed by atoms with van der Waals surface area (Å²) in [5, 5.41) is 20.3. The van der Waals surface area contributed by atoms with E-state index in [0.29, 0.717) is 17.6 Å². The summed E-state index contributed by atoms with van der Waals surface area (Å²) in [4.78, 5) is 22.5. The fourth-order valence-electron chi connectivity index (χ4n) is 2.12. The normalized spacial score (nSPS) is 23.8. The molecule has 0 spiro atoms. The van der Waals surface area contributed by atoms with E-state index in [1.54, 1.807) is 6.07 Å². The molecule has 1 fully saturated rings. The molecule has 4 unspecified atom stereocenters. The zero-order valence-corrected chi connectivity index (χ0v) is 11.9. The molecule has 1 aromatic heterocycles. The van der Waals surface area contributed by atoms with Crippen LogP contribution in [0.4, 0.5) is 0 Å². The highest BCUT2D eigenvalue weighted by Gasteiger charge is 2.36. The summed E-state index contributed by atoms with van der Waals surface area (Å²) in [5.74, 6) is 0.681. The van der Waals surface area contributed by atoms with Gasteiger partial charge in [-0.25, -0.2) is 4.79 Å². The first-order valence-corrected chi connectivity index (χ1v) is 6.87. The van der Waals surface area contributed by atoms with E-state index in [2.05, 4.69) is 12.2 Å². The van der Waals surface area contributed by atoms with Crippen molar-refractivity contribution in [1.29, 1.82) is 0 Å². The third kappa shape index (κ3) is 3.95. The maximum Gasteiger partial charge on any atom is 0.328 e. The first kappa shape index (κ1) is 15.3. The minimum Gasteiger partial charge on any atom is -0.480 e. The van der Waals surface area contributed by atoms with Crippen molar-refractivity contribution >= 4 is 18.0 Å². The zero-order chi connectivity index (χ0) is 15.6. The second kappa shape index (κ2) is 6.13. The van der Waals surface area contributed by atoms with Gasteiger partial charge in [-0.2, -0.15) is 0 Å². The number of hydrogen-bond acceptors (Lipinski definition) is 4. The molecule has 114 valence electrons. The van der Waals surface area contributed by atoms with Crippen molar-refractivity contribution in [3.8, 4) is 0 Å². The van der Waals surface area contributed by atoms with Crippen molar-refractivity contribution in [3.63, 3.8) is 0 Å². The molecule has 1 aromatic rings. The van der Waals surface area contributed by atoms with Gasteiger partial charge in [-0.1, -0.05) is 6.92 Å². The van der Waals surface area contributed by atoms with Crippen molar-refractivity contribution in [3.05, 3.63) is 29.7 Å². The molecule has 0 aromatic carbocycles. The average Bonchev–Trinajstić information content (AvgIpc) is 2.96. The zero-order valence-electron chi connectivity index (χ0n) is 11.9. The smallest absolute Gasteiger partial charge is 0.328 e. The first-order valence-electron chi connectivity index (χ1n) is 6.87. The van der Waals surface area contributed by atoms with Gasteiger partial charge in [0.2, 0.25) is 5.91 Å². The molecule has 0 saturated heterocycles. The van der Waals surface area contributed by atoms with Crippen LogP contribution in [0.15, 0.2) is 22.6 Å². The molecule has 4 atom stereocenters. The Morgan fingerprint density at radius 1 is 1.48 bits per heavy atom. The number of carbonyl (C=O) groups is 2. The van der Waals surface area contributed by atoms with Gasteiger partial charge in [-0.3, -0.25) is 4.79 Å². The van der Waals surface area contributed by atoms with Crippen molar-refractivity contribution in [2.24, 2.45) is 5.92 Å². The Morgan fingerprint density at radius 3 is 2.67 bits per heavy atom. The van der Waals surface area contributed by atoms with Gasteiger partial charge >= 0.3 is 5.97 Å². The van der Waals surface area contributed by atoms with E-state index >= 15 is 0 Å². The third-order valence-corrected chi connectivity index (χ3v) is 3.57. The van der Waals surface area contributed by atoms with Crippen molar-refractivity contribution in [2.45, 2.75) is 38.3 Å². The summed E-state index contributed by atoms with van der Waals surface area (Å²) < 4.78 is 5.60. The average molecular weight is 293 g/mol. The Bertz CT molecular complexity index is 560. The van der Waals surface area contributed by atoms with Crippen LogP contribution in [0.3, 0.4) is 0 Å². The fraction of sp³-hybridized carbons (Fsp3) is 0.467. The van der Waals surface area contributed by atoms with Crippen molar-refractivity contribution < 1.29 is 24.2 Å². The lowest BCUT2D eigenvalue weighted by Crippen LogP contribution is -2.47. The van der Waals surface area contributed by atoms with Crippen LogP contribution in [0.25, 0.3) is 6.08 Å². The Morgan fingerprint density at radius 2 is 2.14 bits per heavy atom. The maximum atomic E-state index is 11.6. The number of rotatable bonds is 6. The summed E-state index contributed by atoms with van der Waals surface area (Å²) >= 11 is 0. The number of aliphatic hydroxyl groups excluding tert-OH is 1. The van der Waals surface area contributed by atoms with Gasteiger partial charge in [-0.15, -0.1) is 0 Å². The van der Waals surface area contributed by atoms with E-state index < -0.39 is 24.0 Å². The van der Waals surface area contributed by atoms with Crippen molar-refractivity contribution in [1.82, 2.24) is 5.32 Å². The molecule has 1 heterocycles. The molecular weight excluding hydrogens is 274 g/mol. The summed E-state index contributed by atoms with van der Waals surface area (Å²) in [7, 11) is 0. The second-order valence-electron chi connectivity index (χ2n) is 5.46. The van der Waals surface area contributed by atoms with Crippen LogP contribution in [0.2, 0.25) is 0 Å². The Kier molecular flexibility index (Phi) is 4.47. The number of carboxylic acids is 1. The third-order valence-electron chi connectivity index (χ3n) is 3.57. The molecule has 2 rings (SSSR count). The highest BCUT2D eigenvalue weighted by atomic mass is 16.4. The van der Waals surface area contributed by atoms with Crippen LogP contribution in [-0.2, 0) is 9.59 Å². The fourth-order valence-corrected chi connectivity index (χ4v) is 2.12. The van der Waals surface area contributed by atoms with Crippen LogP contribution in [0.5, 0.6) is 0 Å². The number of amides is 1. The summed E-state index contributed by atoms with van der Waals surface area (Å²) in [6, 6.07) is 2.33. The number of furan rings is 1. The standard InChI is InChI=1S/C15H19NO5/c1-8-7-11(8)12-5-3-10(21-12)4-6-13(18)16-14(9(2)17)15(19)20/h3-6,8-9,11,14,17H,7H2,1-2H3,(H,16,18)(H,19,20)/b6-4+. The number of hydrogen-bond donors (Lipinski definition) is 3. The van der Waals surface area contributed by atoms with Crippen LogP contribution in [0.1, 0.15) is 37.7 Å². The Labute approximate surface area is 122 Å². The molecule has 0 radical (unpaired) electrons. The lowest BCUT2D eigenvalue weighted by atomic mass is 10.2. The van der Waals surface area contributed by atoms with Gasteiger partial charge in [-0.05, 0) is 37.5 Å². The van der Waals surface area contributed by atoms with E-state index in [1.165, 1.54) is 19.1 Å². The second-order valence-corrected chi connectivity index (χ2v) is 5.46. The molecule has 3 N–H and O–H groups in total. The predicted octanol–water partition coefficient (Wildman–Crippen LogP) is 1.37. The van der Waals surface area contributed by atoms with E-state index in [9.17, 15) is 14.7 Å². The van der Waals surface area contributed by atoms with Gasteiger partial charge < -0.3 is 19.9 Å². The molecule has 0 aliphatic heterocycles. The molecule has 0 bridgehead atoms. The quantitative estimate of drug-likeness (QED) is 0.688. The van der Waals surface area contributed by atoms with Crippen LogP contribution in [0, 0.1) is 5.92 Å². The highest BCUT2D eigenvalue weighted by molar-refractivity contribution is 5.94. The lowest BCUT2D eigenvalue weighted by Gasteiger charge is -2.15. The molecule has 1 saturated carbocycles.